The molecule has 0 aliphatic heterocycles. The summed E-state index contributed by atoms with van der Waals surface area (Å²) in [5.41, 5.74) is 6.75. The molecule has 0 saturated carbocycles. The number of furan rings is 1. The Balaban J connectivity index is 1.24. The van der Waals surface area contributed by atoms with Crippen LogP contribution >= 0.6 is 11.3 Å². The van der Waals surface area contributed by atoms with Gasteiger partial charge in [0.05, 0.1) is 0 Å². The van der Waals surface area contributed by atoms with Crippen LogP contribution in [0.4, 0.5) is 0 Å². The van der Waals surface area contributed by atoms with Crippen molar-refractivity contribution in [2.24, 2.45) is 0 Å². The van der Waals surface area contributed by atoms with Crippen LogP contribution in [0.25, 0.3) is 87.4 Å². The molecule has 0 aliphatic rings. The number of aromatic nitrogens is 3. The Kier molecular flexibility index (Phi) is 5.64. The first-order chi connectivity index (χ1) is 21.8. The molecule has 4 nitrogen and oxygen atoms in total. The maximum absolute atomic E-state index is 6.38. The normalized spacial score (nSPS) is 11.6. The van der Waals surface area contributed by atoms with Gasteiger partial charge in [-0.05, 0) is 41.5 Å². The summed E-state index contributed by atoms with van der Waals surface area (Å²) in [7, 11) is 0. The fraction of sp³-hybridized carbons (Fsp3) is 0. The van der Waals surface area contributed by atoms with Crippen molar-refractivity contribution in [1.29, 1.82) is 0 Å². The number of rotatable bonds is 4. The second-order valence-corrected chi connectivity index (χ2v) is 11.9. The minimum atomic E-state index is 0.614. The van der Waals surface area contributed by atoms with E-state index in [0.29, 0.717) is 17.5 Å². The van der Waals surface area contributed by atoms with E-state index in [0.717, 1.165) is 44.2 Å². The molecule has 6 aromatic carbocycles. The average molecular weight is 582 g/mol. The van der Waals surface area contributed by atoms with Crippen LogP contribution in [0.3, 0.4) is 0 Å². The second kappa shape index (κ2) is 9.97. The van der Waals surface area contributed by atoms with E-state index in [1.165, 1.54) is 25.7 Å². The molecule has 0 aliphatic carbocycles. The molecule has 0 atom stereocenters. The van der Waals surface area contributed by atoms with E-state index in [1.54, 1.807) is 0 Å². The van der Waals surface area contributed by atoms with Crippen LogP contribution in [0.5, 0.6) is 0 Å². The van der Waals surface area contributed by atoms with Crippen LogP contribution < -0.4 is 0 Å². The van der Waals surface area contributed by atoms with Gasteiger partial charge in [0.15, 0.2) is 17.5 Å². The van der Waals surface area contributed by atoms with Gasteiger partial charge in [0.1, 0.15) is 11.2 Å². The molecule has 3 aromatic heterocycles. The lowest BCUT2D eigenvalue weighted by molar-refractivity contribution is 0.669. The summed E-state index contributed by atoms with van der Waals surface area (Å²) in [6, 6.07) is 48.0. The molecule has 9 rings (SSSR count). The molecule has 0 saturated heterocycles. The summed E-state index contributed by atoms with van der Waals surface area (Å²) in [5.74, 6) is 1.89. The van der Waals surface area contributed by atoms with Crippen molar-refractivity contribution in [3.8, 4) is 45.3 Å². The van der Waals surface area contributed by atoms with Gasteiger partial charge in [0.25, 0.3) is 0 Å². The Bertz CT molecular complexity index is 2440. The molecule has 206 valence electrons. The van der Waals surface area contributed by atoms with Gasteiger partial charge in [0, 0.05) is 47.6 Å². The molecule has 0 bridgehead atoms. The zero-order valence-electron chi connectivity index (χ0n) is 23.4. The lowest BCUT2D eigenvalue weighted by Crippen LogP contribution is -2.00. The Labute approximate surface area is 256 Å². The maximum Gasteiger partial charge on any atom is 0.164 e. The molecule has 0 radical (unpaired) electrons. The first-order valence-electron chi connectivity index (χ1n) is 14.5. The third kappa shape index (κ3) is 4.09. The van der Waals surface area contributed by atoms with Crippen molar-refractivity contribution in [2.45, 2.75) is 0 Å². The van der Waals surface area contributed by atoms with Crippen LogP contribution in [0.15, 0.2) is 144 Å². The van der Waals surface area contributed by atoms with Crippen LogP contribution in [-0.4, -0.2) is 15.0 Å². The molecule has 9 aromatic rings. The monoisotopic (exact) mass is 581 g/mol. The second-order valence-electron chi connectivity index (χ2n) is 10.8. The van der Waals surface area contributed by atoms with E-state index in [2.05, 4.69) is 66.7 Å². The van der Waals surface area contributed by atoms with Gasteiger partial charge in [-0.25, -0.2) is 15.0 Å². The highest BCUT2D eigenvalue weighted by Crippen LogP contribution is 2.40. The highest BCUT2D eigenvalue weighted by atomic mass is 32.1. The minimum absolute atomic E-state index is 0.614. The zero-order chi connectivity index (χ0) is 29.0. The number of benzene rings is 6. The van der Waals surface area contributed by atoms with E-state index in [9.17, 15) is 0 Å². The molecule has 3 heterocycles. The fourth-order valence-electron chi connectivity index (χ4n) is 6.03. The molecule has 0 fully saturated rings. The molecule has 44 heavy (non-hydrogen) atoms. The lowest BCUT2D eigenvalue weighted by Gasteiger charge is -2.09. The largest absolute Gasteiger partial charge is 0.456 e. The smallest absolute Gasteiger partial charge is 0.164 e. The quantitative estimate of drug-likeness (QED) is 0.207. The van der Waals surface area contributed by atoms with Crippen molar-refractivity contribution in [3.63, 3.8) is 0 Å². The van der Waals surface area contributed by atoms with Crippen molar-refractivity contribution in [1.82, 2.24) is 15.0 Å². The lowest BCUT2D eigenvalue weighted by atomic mass is 9.99. The summed E-state index contributed by atoms with van der Waals surface area (Å²) in [5, 5.41) is 4.64. The van der Waals surface area contributed by atoms with E-state index in [1.807, 2.05) is 84.1 Å². The van der Waals surface area contributed by atoms with Crippen LogP contribution in [0.1, 0.15) is 0 Å². The van der Waals surface area contributed by atoms with Gasteiger partial charge in [-0.1, -0.05) is 109 Å². The van der Waals surface area contributed by atoms with Crippen LogP contribution in [0.2, 0.25) is 0 Å². The van der Waals surface area contributed by atoms with E-state index >= 15 is 0 Å². The van der Waals surface area contributed by atoms with Gasteiger partial charge < -0.3 is 4.42 Å². The SMILES string of the molecule is c1ccc(-c2nc(-c3ccccc3)nc(-c3cccc4oc5ccc(-c6ccc7c(c6)sc6ccccc67)cc5c34)n2)cc1. The van der Waals surface area contributed by atoms with Crippen LogP contribution in [-0.2, 0) is 0 Å². The molecular formula is C39H23N3OS. The number of hydrogen-bond donors (Lipinski definition) is 0. The highest BCUT2D eigenvalue weighted by molar-refractivity contribution is 7.25. The van der Waals surface area contributed by atoms with Gasteiger partial charge in [-0.2, -0.15) is 0 Å². The van der Waals surface area contributed by atoms with Gasteiger partial charge in [-0.3, -0.25) is 0 Å². The third-order valence-electron chi connectivity index (χ3n) is 8.15. The van der Waals surface area contributed by atoms with Crippen molar-refractivity contribution < 1.29 is 4.42 Å². The van der Waals surface area contributed by atoms with Crippen molar-refractivity contribution >= 4 is 53.4 Å². The van der Waals surface area contributed by atoms with E-state index in [-0.39, 0.29) is 0 Å². The minimum Gasteiger partial charge on any atom is -0.456 e. The molecular weight excluding hydrogens is 559 g/mol. The van der Waals surface area contributed by atoms with E-state index < -0.39 is 0 Å². The van der Waals surface area contributed by atoms with E-state index in [4.69, 9.17) is 19.4 Å². The average Bonchev–Trinajstić information content (AvgIpc) is 3.66. The predicted octanol–water partition coefficient (Wildman–Crippen LogP) is 10.8. The number of nitrogens with zero attached hydrogens (tertiary/aromatic N) is 3. The fourth-order valence-corrected chi connectivity index (χ4v) is 7.17. The van der Waals surface area contributed by atoms with Crippen LogP contribution in [0, 0.1) is 0 Å². The van der Waals surface area contributed by atoms with Crippen molar-refractivity contribution in [3.05, 3.63) is 140 Å². The summed E-state index contributed by atoms with van der Waals surface area (Å²) < 4.78 is 8.97. The Morgan fingerprint density at radius 2 is 1.05 bits per heavy atom. The number of thiophene rings is 1. The molecule has 0 amide bonds. The van der Waals surface area contributed by atoms with Gasteiger partial charge >= 0.3 is 0 Å². The van der Waals surface area contributed by atoms with Crippen molar-refractivity contribution in [2.75, 3.05) is 0 Å². The molecule has 0 spiro atoms. The summed E-state index contributed by atoms with van der Waals surface area (Å²) in [6.45, 7) is 0. The maximum atomic E-state index is 6.38. The molecule has 0 N–H and O–H groups in total. The Morgan fingerprint density at radius 3 is 1.82 bits per heavy atom. The first-order valence-corrected chi connectivity index (χ1v) is 15.3. The molecule has 0 unspecified atom stereocenters. The third-order valence-corrected chi connectivity index (χ3v) is 9.28. The summed E-state index contributed by atoms with van der Waals surface area (Å²) >= 11 is 1.84. The Morgan fingerprint density at radius 1 is 0.409 bits per heavy atom. The zero-order valence-corrected chi connectivity index (χ0v) is 24.3. The standard InChI is InChI=1S/C39H23N3OS/c1-3-10-24(11-4-1)37-40-38(25-12-5-2-6-13-25)42-39(41-37)30-15-9-16-33-36(30)31-22-26(19-21-32(31)43-33)27-18-20-29-28-14-7-8-17-34(28)44-35(29)23-27/h1-23H. The Hall–Kier alpha value is -5.65. The topological polar surface area (TPSA) is 51.8 Å². The highest BCUT2D eigenvalue weighted by Gasteiger charge is 2.18. The van der Waals surface area contributed by atoms with Gasteiger partial charge in [-0.15, -0.1) is 11.3 Å². The number of fused-ring (bicyclic) bond motifs is 6. The van der Waals surface area contributed by atoms with Gasteiger partial charge in [0.2, 0.25) is 0 Å². The summed E-state index contributed by atoms with van der Waals surface area (Å²) in [4.78, 5) is 14.9. The number of hydrogen-bond acceptors (Lipinski definition) is 5. The first kappa shape index (κ1) is 24.9. The predicted molar refractivity (Wildman–Crippen MR) is 182 cm³/mol. The summed E-state index contributed by atoms with van der Waals surface area (Å²) in [6.07, 6.45) is 0. The molecule has 5 heteroatoms.